The average molecular weight is 265 g/mol. The van der Waals surface area contributed by atoms with Gasteiger partial charge in [-0.15, -0.1) is 0 Å². The second-order valence-electron chi connectivity index (χ2n) is 5.09. The SMILES string of the molecule is CCNC(=NCc1ccn[nH]1)NCCCCC(C)C. The van der Waals surface area contributed by atoms with Crippen LogP contribution in [0.5, 0.6) is 0 Å². The van der Waals surface area contributed by atoms with Crippen molar-refractivity contribution in [2.75, 3.05) is 13.1 Å². The summed E-state index contributed by atoms with van der Waals surface area (Å²) in [5, 5.41) is 13.4. The molecule has 0 atom stereocenters. The van der Waals surface area contributed by atoms with E-state index in [0.717, 1.165) is 30.7 Å². The lowest BCUT2D eigenvalue weighted by molar-refractivity contribution is 0.534. The van der Waals surface area contributed by atoms with Crippen molar-refractivity contribution in [3.05, 3.63) is 18.0 Å². The minimum Gasteiger partial charge on any atom is -0.357 e. The molecule has 108 valence electrons. The molecule has 0 saturated heterocycles. The van der Waals surface area contributed by atoms with E-state index in [0.29, 0.717) is 6.54 Å². The van der Waals surface area contributed by atoms with Crippen LogP contribution in [0.15, 0.2) is 17.3 Å². The van der Waals surface area contributed by atoms with Gasteiger partial charge in [0.25, 0.3) is 0 Å². The van der Waals surface area contributed by atoms with Gasteiger partial charge in [-0.25, -0.2) is 4.99 Å². The Kier molecular flexibility index (Phi) is 7.70. The summed E-state index contributed by atoms with van der Waals surface area (Å²) in [4.78, 5) is 4.51. The molecule has 0 unspecified atom stereocenters. The highest BCUT2D eigenvalue weighted by molar-refractivity contribution is 5.79. The van der Waals surface area contributed by atoms with Gasteiger partial charge in [0.1, 0.15) is 0 Å². The van der Waals surface area contributed by atoms with Crippen LogP contribution in [0, 0.1) is 5.92 Å². The number of aliphatic imine (C=N–C) groups is 1. The first kappa shape index (κ1) is 15.5. The molecule has 1 aromatic heterocycles. The number of hydrogen-bond acceptors (Lipinski definition) is 2. The zero-order valence-electron chi connectivity index (χ0n) is 12.4. The first-order valence-corrected chi connectivity index (χ1v) is 7.22. The number of hydrogen-bond donors (Lipinski definition) is 3. The molecule has 1 heterocycles. The van der Waals surface area contributed by atoms with Gasteiger partial charge in [0, 0.05) is 19.3 Å². The normalized spacial score (nSPS) is 11.9. The quantitative estimate of drug-likeness (QED) is 0.384. The number of guanidine groups is 1. The number of rotatable bonds is 8. The largest absolute Gasteiger partial charge is 0.357 e. The van der Waals surface area contributed by atoms with E-state index < -0.39 is 0 Å². The Bertz CT molecular complexity index is 343. The molecule has 5 heteroatoms. The molecule has 3 N–H and O–H groups in total. The fourth-order valence-electron chi connectivity index (χ4n) is 1.76. The summed E-state index contributed by atoms with van der Waals surface area (Å²) in [6.45, 7) is 9.09. The van der Waals surface area contributed by atoms with E-state index in [1.54, 1.807) is 6.20 Å². The number of aromatic amines is 1. The van der Waals surface area contributed by atoms with Gasteiger partial charge in [-0.3, -0.25) is 5.10 Å². The smallest absolute Gasteiger partial charge is 0.191 e. The maximum atomic E-state index is 4.51. The standard InChI is InChI=1S/C14H27N5/c1-4-15-14(16-9-6-5-7-12(2)3)17-11-13-8-10-18-19-13/h8,10,12H,4-7,9,11H2,1-3H3,(H,18,19)(H2,15,16,17). The van der Waals surface area contributed by atoms with Crippen molar-refractivity contribution in [1.82, 2.24) is 20.8 Å². The van der Waals surface area contributed by atoms with E-state index in [1.807, 2.05) is 6.07 Å². The molecule has 0 aliphatic rings. The number of unbranched alkanes of at least 4 members (excludes halogenated alkanes) is 1. The fraction of sp³-hybridized carbons (Fsp3) is 0.714. The number of nitrogens with zero attached hydrogens (tertiary/aromatic N) is 2. The Labute approximate surface area is 116 Å². The van der Waals surface area contributed by atoms with Crippen molar-refractivity contribution in [3.8, 4) is 0 Å². The third kappa shape index (κ3) is 7.49. The third-order valence-corrected chi connectivity index (χ3v) is 2.81. The van der Waals surface area contributed by atoms with Crippen LogP contribution in [0.25, 0.3) is 0 Å². The van der Waals surface area contributed by atoms with E-state index in [2.05, 4.69) is 46.6 Å². The molecule has 0 aliphatic carbocycles. The molecule has 1 rings (SSSR count). The Morgan fingerprint density at radius 2 is 2.21 bits per heavy atom. The van der Waals surface area contributed by atoms with Crippen LogP contribution in [0.4, 0.5) is 0 Å². The first-order chi connectivity index (χ1) is 9.22. The Hall–Kier alpha value is -1.52. The third-order valence-electron chi connectivity index (χ3n) is 2.81. The zero-order chi connectivity index (χ0) is 13.9. The maximum absolute atomic E-state index is 4.51. The molecule has 0 radical (unpaired) electrons. The van der Waals surface area contributed by atoms with E-state index in [9.17, 15) is 0 Å². The van der Waals surface area contributed by atoms with E-state index in [-0.39, 0.29) is 0 Å². The predicted octanol–water partition coefficient (Wildman–Crippen LogP) is 2.29. The van der Waals surface area contributed by atoms with Crippen molar-refractivity contribution in [3.63, 3.8) is 0 Å². The molecule has 0 fully saturated rings. The van der Waals surface area contributed by atoms with Gasteiger partial charge in [0.2, 0.25) is 0 Å². The monoisotopic (exact) mass is 265 g/mol. The summed E-state index contributed by atoms with van der Waals surface area (Å²) in [5.74, 6) is 1.67. The minimum absolute atomic E-state index is 0.626. The van der Waals surface area contributed by atoms with Crippen molar-refractivity contribution in [2.45, 2.75) is 46.6 Å². The minimum atomic E-state index is 0.626. The summed E-state index contributed by atoms with van der Waals surface area (Å²) in [5.41, 5.74) is 1.03. The van der Waals surface area contributed by atoms with Gasteiger partial charge in [0.05, 0.1) is 12.2 Å². The lowest BCUT2D eigenvalue weighted by Gasteiger charge is -2.11. The van der Waals surface area contributed by atoms with Gasteiger partial charge in [0.15, 0.2) is 5.96 Å². The molecule has 0 saturated carbocycles. The Morgan fingerprint density at radius 1 is 1.37 bits per heavy atom. The van der Waals surface area contributed by atoms with Crippen LogP contribution in [-0.2, 0) is 6.54 Å². The summed E-state index contributed by atoms with van der Waals surface area (Å²) in [7, 11) is 0. The number of aromatic nitrogens is 2. The van der Waals surface area contributed by atoms with Crippen molar-refractivity contribution >= 4 is 5.96 Å². The first-order valence-electron chi connectivity index (χ1n) is 7.22. The predicted molar refractivity (Wildman–Crippen MR) is 80.1 cm³/mol. The number of H-pyrrole nitrogens is 1. The topological polar surface area (TPSA) is 65.1 Å². The summed E-state index contributed by atoms with van der Waals surface area (Å²) < 4.78 is 0. The van der Waals surface area contributed by atoms with Gasteiger partial charge in [-0.05, 0) is 25.3 Å². The Morgan fingerprint density at radius 3 is 2.84 bits per heavy atom. The molecular weight excluding hydrogens is 238 g/mol. The van der Waals surface area contributed by atoms with Crippen LogP contribution < -0.4 is 10.6 Å². The van der Waals surface area contributed by atoms with Crippen LogP contribution in [0.3, 0.4) is 0 Å². The fourth-order valence-corrected chi connectivity index (χ4v) is 1.76. The van der Waals surface area contributed by atoms with Gasteiger partial charge < -0.3 is 10.6 Å². The molecular formula is C14H27N5. The summed E-state index contributed by atoms with van der Waals surface area (Å²) >= 11 is 0. The lowest BCUT2D eigenvalue weighted by Crippen LogP contribution is -2.37. The maximum Gasteiger partial charge on any atom is 0.191 e. The van der Waals surface area contributed by atoms with E-state index in [1.165, 1.54) is 19.3 Å². The van der Waals surface area contributed by atoms with Crippen molar-refractivity contribution < 1.29 is 0 Å². The summed E-state index contributed by atoms with van der Waals surface area (Å²) in [6, 6.07) is 1.94. The van der Waals surface area contributed by atoms with Crippen LogP contribution in [0.1, 0.15) is 45.7 Å². The highest BCUT2D eigenvalue weighted by atomic mass is 15.2. The lowest BCUT2D eigenvalue weighted by atomic mass is 10.1. The van der Waals surface area contributed by atoms with Gasteiger partial charge in [-0.1, -0.05) is 26.7 Å². The zero-order valence-corrected chi connectivity index (χ0v) is 12.4. The molecule has 19 heavy (non-hydrogen) atoms. The van der Waals surface area contributed by atoms with Crippen molar-refractivity contribution in [2.24, 2.45) is 10.9 Å². The van der Waals surface area contributed by atoms with Gasteiger partial charge in [-0.2, -0.15) is 5.10 Å². The molecule has 5 nitrogen and oxygen atoms in total. The van der Waals surface area contributed by atoms with E-state index >= 15 is 0 Å². The van der Waals surface area contributed by atoms with Gasteiger partial charge >= 0.3 is 0 Å². The highest BCUT2D eigenvalue weighted by Gasteiger charge is 1.98. The van der Waals surface area contributed by atoms with Crippen LogP contribution in [-0.4, -0.2) is 29.2 Å². The second-order valence-corrected chi connectivity index (χ2v) is 5.09. The second kappa shape index (κ2) is 9.42. The van der Waals surface area contributed by atoms with E-state index in [4.69, 9.17) is 0 Å². The Balaban J connectivity index is 2.25. The molecule has 0 spiro atoms. The average Bonchev–Trinajstić information content (AvgIpc) is 2.88. The number of nitrogens with one attached hydrogen (secondary N) is 3. The summed E-state index contributed by atoms with van der Waals surface area (Å²) in [6.07, 6.45) is 5.50. The van der Waals surface area contributed by atoms with Crippen LogP contribution >= 0.6 is 0 Å². The molecule has 0 bridgehead atoms. The highest BCUT2D eigenvalue weighted by Crippen LogP contribution is 2.05. The van der Waals surface area contributed by atoms with Crippen LogP contribution in [0.2, 0.25) is 0 Å². The molecule has 0 aliphatic heterocycles. The molecule has 1 aromatic rings. The molecule has 0 amide bonds. The van der Waals surface area contributed by atoms with Crippen molar-refractivity contribution in [1.29, 1.82) is 0 Å². The molecule has 0 aromatic carbocycles.